The summed E-state index contributed by atoms with van der Waals surface area (Å²) in [6.07, 6.45) is 0. The van der Waals surface area contributed by atoms with Crippen LogP contribution in [0.4, 0.5) is 20.6 Å². The van der Waals surface area contributed by atoms with Gasteiger partial charge in [-0.15, -0.1) is 0 Å². The first-order valence-electron chi connectivity index (χ1n) is 8.11. The van der Waals surface area contributed by atoms with Gasteiger partial charge >= 0.3 is 6.03 Å². The molecule has 0 radical (unpaired) electrons. The number of hydrogen-bond donors (Lipinski definition) is 1. The maximum absolute atomic E-state index is 13.0. The number of amides is 2. The smallest absolute Gasteiger partial charge is 0.308 e. The van der Waals surface area contributed by atoms with E-state index < -0.39 is 12.6 Å². The summed E-state index contributed by atoms with van der Waals surface area (Å²) in [5, 5.41) is 2.72. The Labute approximate surface area is 141 Å². The minimum Gasteiger partial charge on any atom is -0.308 e. The van der Waals surface area contributed by atoms with Gasteiger partial charge in [-0.05, 0) is 42.0 Å². The molecular formula is C20H17FN2O. The number of hydrogen-bond acceptors (Lipinski definition) is 1. The molecule has 24 heavy (non-hydrogen) atoms. The van der Waals surface area contributed by atoms with E-state index in [0.29, 0.717) is 16.9 Å². The summed E-state index contributed by atoms with van der Waals surface area (Å²) in [5.74, 6) is -0.374. The molecule has 3 aromatic rings. The van der Waals surface area contributed by atoms with Crippen LogP contribution in [0, 0.1) is 5.82 Å². The molecule has 0 aliphatic rings. The molecule has 0 aliphatic heterocycles. The third-order valence-corrected chi connectivity index (χ3v) is 3.43. The van der Waals surface area contributed by atoms with Gasteiger partial charge in [-0.1, -0.05) is 48.5 Å². The van der Waals surface area contributed by atoms with Crippen LogP contribution >= 0.6 is 0 Å². The third kappa shape index (κ3) is 3.98. The fraction of sp³-hybridized carbons (Fsp3) is 0.0500. The monoisotopic (exact) mass is 321 g/mol. The maximum atomic E-state index is 13.0. The third-order valence-electron chi connectivity index (χ3n) is 3.43. The number of nitrogens with one attached hydrogen (secondary N) is 1. The summed E-state index contributed by atoms with van der Waals surface area (Å²) >= 11 is 0. The van der Waals surface area contributed by atoms with Gasteiger partial charge in [0.1, 0.15) is 5.82 Å². The molecular weight excluding hydrogens is 303 g/mol. The van der Waals surface area contributed by atoms with Gasteiger partial charge in [0.2, 0.25) is 0 Å². The lowest BCUT2D eigenvalue weighted by Gasteiger charge is -2.23. The molecule has 0 saturated carbocycles. The highest BCUT2D eigenvalue weighted by molar-refractivity contribution is 6.01. The van der Waals surface area contributed by atoms with Gasteiger partial charge in [0, 0.05) is 11.4 Å². The van der Waals surface area contributed by atoms with Crippen molar-refractivity contribution in [2.24, 2.45) is 0 Å². The van der Waals surface area contributed by atoms with Crippen LogP contribution < -0.4 is 10.2 Å². The lowest BCUT2D eigenvalue weighted by atomic mass is 10.2. The van der Waals surface area contributed by atoms with Crippen LogP contribution in [0.3, 0.4) is 0 Å². The van der Waals surface area contributed by atoms with Crippen molar-refractivity contribution in [1.82, 2.24) is 0 Å². The van der Waals surface area contributed by atoms with Crippen molar-refractivity contribution in [2.75, 3.05) is 10.2 Å². The minimum absolute atomic E-state index is 0.374. The summed E-state index contributed by atoms with van der Waals surface area (Å²) < 4.78 is 21.6. The molecule has 2 amide bonds. The van der Waals surface area contributed by atoms with Crippen molar-refractivity contribution in [3.63, 3.8) is 0 Å². The number of urea groups is 1. The lowest BCUT2D eigenvalue weighted by Crippen LogP contribution is -2.34. The molecule has 0 fully saturated rings. The second kappa shape index (κ2) is 7.42. The Kier molecular flexibility index (Phi) is 4.47. The fourth-order valence-electron chi connectivity index (χ4n) is 2.24. The number of carbonyl (C=O) groups is 1. The van der Waals surface area contributed by atoms with Crippen LogP contribution in [0.25, 0.3) is 0 Å². The van der Waals surface area contributed by atoms with Crippen LogP contribution in [0.2, 0.25) is 0 Å². The fourth-order valence-corrected chi connectivity index (χ4v) is 2.24. The Bertz CT molecular complexity index is 825. The highest BCUT2D eigenvalue weighted by Gasteiger charge is 2.16. The van der Waals surface area contributed by atoms with Crippen LogP contribution in [0.5, 0.6) is 0 Å². The average molecular weight is 321 g/mol. The summed E-state index contributed by atoms with van der Waals surface area (Å²) in [7, 11) is 0. The topological polar surface area (TPSA) is 32.3 Å². The Balaban J connectivity index is 1.90. The summed E-state index contributed by atoms with van der Waals surface area (Å²) in [6, 6.07) is 23.2. The zero-order valence-corrected chi connectivity index (χ0v) is 12.9. The van der Waals surface area contributed by atoms with E-state index in [2.05, 4.69) is 5.32 Å². The van der Waals surface area contributed by atoms with E-state index in [1.165, 1.54) is 29.2 Å². The average Bonchev–Trinajstić information content (AvgIpc) is 2.65. The molecule has 4 heteroatoms. The molecule has 120 valence electrons. The molecule has 0 saturated heterocycles. The number of benzene rings is 3. The van der Waals surface area contributed by atoms with Crippen molar-refractivity contribution in [3.8, 4) is 0 Å². The number of para-hydroxylation sites is 1. The Morgan fingerprint density at radius 2 is 1.50 bits per heavy atom. The van der Waals surface area contributed by atoms with Gasteiger partial charge in [-0.3, -0.25) is 4.90 Å². The second-order valence-electron chi connectivity index (χ2n) is 5.18. The molecule has 0 spiro atoms. The number of anilines is 2. The van der Waals surface area contributed by atoms with Crippen molar-refractivity contribution in [3.05, 3.63) is 96.3 Å². The first-order valence-corrected chi connectivity index (χ1v) is 7.53. The number of rotatable bonds is 4. The van der Waals surface area contributed by atoms with Gasteiger partial charge in [-0.2, -0.15) is 0 Å². The minimum atomic E-state index is -0.913. The van der Waals surface area contributed by atoms with E-state index >= 15 is 0 Å². The van der Waals surface area contributed by atoms with E-state index in [1.807, 2.05) is 36.4 Å². The normalized spacial score (nSPS) is 12.1. The molecule has 3 nitrogen and oxygen atoms in total. The van der Waals surface area contributed by atoms with Crippen molar-refractivity contribution >= 4 is 17.4 Å². The predicted molar refractivity (Wildman–Crippen MR) is 94.5 cm³/mol. The largest absolute Gasteiger partial charge is 0.326 e. The van der Waals surface area contributed by atoms with E-state index in [9.17, 15) is 9.18 Å². The maximum Gasteiger partial charge on any atom is 0.326 e. The van der Waals surface area contributed by atoms with Gasteiger partial charge in [0.15, 0.2) is 0 Å². The van der Waals surface area contributed by atoms with E-state index in [1.54, 1.807) is 24.3 Å². The van der Waals surface area contributed by atoms with Gasteiger partial charge in [0.05, 0.1) is 7.89 Å². The van der Waals surface area contributed by atoms with Crippen molar-refractivity contribution < 1.29 is 10.6 Å². The predicted octanol–water partition coefficient (Wildman–Crippen LogP) is 5.06. The van der Waals surface area contributed by atoms with E-state index in [-0.39, 0.29) is 5.82 Å². The van der Waals surface area contributed by atoms with Crippen molar-refractivity contribution in [2.45, 2.75) is 6.52 Å². The molecule has 1 N–H and O–H groups in total. The Morgan fingerprint density at radius 1 is 0.917 bits per heavy atom. The van der Waals surface area contributed by atoms with Crippen molar-refractivity contribution in [1.29, 1.82) is 0 Å². The highest BCUT2D eigenvalue weighted by Crippen LogP contribution is 2.19. The summed E-state index contributed by atoms with van der Waals surface area (Å²) in [4.78, 5) is 14.2. The quantitative estimate of drug-likeness (QED) is 0.715. The Hall–Kier alpha value is -3.14. The second-order valence-corrected chi connectivity index (χ2v) is 5.18. The van der Waals surface area contributed by atoms with E-state index in [4.69, 9.17) is 1.37 Å². The number of carbonyl (C=O) groups excluding carboxylic acids is 1. The molecule has 3 aromatic carbocycles. The molecule has 0 heterocycles. The molecule has 0 aliphatic carbocycles. The zero-order chi connectivity index (χ0) is 17.6. The summed E-state index contributed by atoms with van der Waals surface area (Å²) in [5.41, 5.74) is 1.76. The first-order chi connectivity index (χ1) is 12.1. The molecule has 0 aromatic heterocycles. The van der Waals surface area contributed by atoms with Crippen LogP contribution in [0.1, 0.15) is 6.93 Å². The van der Waals surface area contributed by atoms with E-state index in [0.717, 1.165) is 0 Å². The molecule has 3 rings (SSSR count). The van der Waals surface area contributed by atoms with Crippen LogP contribution in [-0.4, -0.2) is 6.03 Å². The molecule has 1 unspecified atom stereocenters. The lowest BCUT2D eigenvalue weighted by molar-refractivity contribution is 0.256. The summed E-state index contributed by atoms with van der Waals surface area (Å²) in [6.45, 7) is -0.913. The van der Waals surface area contributed by atoms with Gasteiger partial charge < -0.3 is 5.32 Å². The number of nitrogens with zero attached hydrogens (tertiary/aromatic N) is 1. The van der Waals surface area contributed by atoms with Crippen LogP contribution in [-0.2, 0) is 6.52 Å². The van der Waals surface area contributed by atoms with Crippen LogP contribution in [0.15, 0.2) is 84.9 Å². The first kappa shape index (κ1) is 14.5. The van der Waals surface area contributed by atoms with Gasteiger partial charge in [0.25, 0.3) is 0 Å². The SMILES string of the molecule is [2H]C(c1ccccc1)N(C(=O)Nc1ccc(F)cc1)c1ccccc1. The standard InChI is InChI=1S/C20H17FN2O/c21-17-11-13-18(14-12-17)22-20(24)23(19-9-5-2-6-10-19)15-16-7-3-1-4-8-16/h1-14H,15H2,(H,22,24)/i15D. The molecule has 0 bridgehead atoms. The number of halogens is 1. The Morgan fingerprint density at radius 3 is 2.12 bits per heavy atom. The van der Waals surface area contributed by atoms with Gasteiger partial charge in [-0.25, -0.2) is 9.18 Å². The highest BCUT2D eigenvalue weighted by atomic mass is 19.1. The zero-order valence-electron chi connectivity index (χ0n) is 13.9. The molecule has 1 atom stereocenters.